The lowest BCUT2D eigenvalue weighted by atomic mass is 10.2. The highest BCUT2D eigenvalue weighted by Gasteiger charge is 2.23. The summed E-state index contributed by atoms with van der Waals surface area (Å²) in [4.78, 5) is 13.7. The molecular formula is C18H17F3N2O3. The zero-order valence-corrected chi connectivity index (χ0v) is 14.0. The van der Waals surface area contributed by atoms with Gasteiger partial charge in [0.05, 0.1) is 12.2 Å². The molecule has 138 valence electrons. The Hall–Kier alpha value is -2.74. The smallest absolute Gasteiger partial charge is 0.238 e. The first kappa shape index (κ1) is 18.1. The molecule has 1 aliphatic rings. The molecule has 0 bridgehead atoms. The molecule has 0 saturated heterocycles. The van der Waals surface area contributed by atoms with Crippen molar-refractivity contribution in [3.63, 3.8) is 0 Å². The van der Waals surface area contributed by atoms with Gasteiger partial charge in [-0.25, -0.2) is 13.2 Å². The number of ether oxygens (including phenoxy) is 2. The molecule has 1 N–H and O–H groups in total. The summed E-state index contributed by atoms with van der Waals surface area (Å²) in [5.74, 6) is -3.63. The molecular weight excluding hydrogens is 349 g/mol. The normalized spacial score (nSPS) is 15.8. The highest BCUT2D eigenvalue weighted by Crippen LogP contribution is 2.30. The Bertz CT molecular complexity index is 816. The Kier molecular flexibility index (Phi) is 5.32. The van der Waals surface area contributed by atoms with Crippen LogP contribution in [0.1, 0.15) is 0 Å². The minimum absolute atomic E-state index is 0.0834. The first-order valence-electron chi connectivity index (χ1n) is 7.94. The van der Waals surface area contributed by atoms with E-state index in [4.69, 9.17) is 9.47 Å². The van der Waals surface area contributed by atoms with E-state index in [1.807, 2.05) is 12.1 Å². The van der Waals surface area contributed by atoms with Gasteiger partial charge in [-0.2, -0.15) is 0 Å². The quantitative estimate of drug-likeness (QED) is 0.827. The van der Waals surface area contributed by atoms with Crippen LogP contribution in [0, 0.1) is 17.5 Å². The number of nitrogens with zero attached hydrogens (tertiary/aromatic N) is 1. The summed E-state index contributed by atoms with van der Waals surface area (Å²) in [7, 11) is 1.69. The summed E-state index contributed by atoms with van der Waals surface area (Å²) in [6.07, 6.45) is -0.275. The number of fused-ring (bicyclic) bond motifs is 1. The van der Waals surface area contributed by atoms with Gasteiger partial charge in [-0.3, -0.25) is 9.69 Å². The van der Waals surface area contributed by atoms with E-state index in [0.717, 1.165) is 12.1 Å². The van der Waals surface area contributed by atoms with E-state index in [1.165, 1.54) is 0 Å². The predicted octanol–water partition coefficient (Wildman–Crippen LogP) is 2.81. The highest BCUT2D eigenvalue weighted by molar-refractivity contribution is 5.92. The number of hydrogen-bond acceptors (Lipinski definition) is 4. The number of likely N-dealkylation sites (N-methyl/N-ethyl adjacent to an activating group) is 1. The first-order valence-corrected chi connectivity index (χ1v) is 7.94. The van der Waals surface area contributed by atoms with Crippen molar-refractivity contribution >= 4 is 11.6 Å². The number of amides is 1. The van der Waals surface area contributed by atoms with Gasteiger partial charge in [0, 0.05) is 6.54 Å². The summed E-state index contributed by atoms with van der Waals surface area (Å²) < 4.78 is 51.1. The molecule has 0 aliphatic carbocycles. The fraction of sp³-hybridized carbons (Fsp3) is 0.278. The van der Waals surface area contributed by atoms with E-state index in [2.05, 4.69) is 5.32 Å². The molecule has 0 fully saturated rings. The lowest BCUT2D eigenvalue weighted by Crippen LogP contribution is -2.42. The number of nitrogens with one attached hydrogen (secondary N) is 1. The van der Waals surface area contributed by atoms with Crippen LogP contribution in [0.2, 0.25) is 0 Å². The summed E-state index contributed by atoms with van der Waals surface area (Å²) in [5, 5.41) is 2.23. The average molecular weight is 366 g/mol. The number of para-hydroxylation sites is 2. The third-order valence-corrected chi connectivity index (χ3v) is 3.81. The Morgan fingerprint density at radius 1 is 1.15 bits per heavy atom. The lowest BCUT2D eigenvalue weighted by Gasteiger charge is -2.29. The van der Waals surface area contributed by atoms with E-state index in [1.54, 1.807) is 24.1 Å². The van der Waals surface area contributed by atoms with Crippen LogP contribution in [0.5, 0.6) is 11.5 Å². The van der Waals surface area contributed by atoms with Crippen molar-refractivity contribution in [3.05, 3.63) is 53.8 Å². The highest BCUT2D eigenvalue weighted by atomic mass is 19.2. The minimum Gasteiger partial charge on any atom is -0.486 e. The Morgan fingerprint density at radius 2 is 1.88 bits per heavy atom. The molecule has 0 radical (unpaired) electrons. The monoisotopic (exact) mass is 366 g/mol. The van der Waals surface area contributed by atoms with Crippen molar-refractivity contribution in [2.75, 3.05) is 32.1 Å². The number of hydrogen-bond donors (Lipinski definition) is 1. The summed E-state index contributed by atoms with van der Waals surface area (Å²) in [6, 6.07) is 9.00. The third kappa shape index (κ3) is 4.08. The van der Waals surface area contributed by atoms with Crippen LogP contribution < -0.4 is 14.8 Å². The van der Waals surface area contributed by atoms with Crippen molar-refractivity contribution < 1.29 is 27.4 Å². The molecule has 1 aliphatic heterocycles. The number of rotatable bonds is 5. The Morgan fingerprint density at radius 3 is 2.65 bits per heavy atom. The molecule has 0 aromatic heterocycles. The van der Waals surface area contributed by atoms with E-state index < -0.39 is 29.0 Å². The van der Waals surface area contributed by atoms with Crippen LogP contribution in [-0.4, -0.2) is 43.7 Å². The summed E-state index contributed by atoms with van der Waals surface area (Å²) in [5.41, 5.74) is -0.409. The summed E-state index contributed by atoms with van der Waals surface area (Å²) >= 11 is 0. The van der Waals surface area contributed by atoms with Gasteiger partial charge in [-0.05, 0) is 31.3 Å². The van der Waals surface area contributed by atoms with Crippen molar-refractivity contribution in [2.45, 2.75) is 6.10 Å². The number of anilines is 1. The maximum Gasteiger partial charge on any atom is 0.238 e. The second-order valence-corrected chi connectivity index (χ2v) is 5.97. The standard InChI is InChI=1S/C18H17F3N2O3/c1-23(8-11-10-25-14-4-2-3-5-15(14)26-11)9-16(24)22-13-7-6-12(19)17(20)18(13)21/h2-7,11H,8-10H2,1H3,(H,22,24)/t11-/m1/s1. The molecule has 2 aromatic carbocycles. The van der Waals surface area contributed by atoms with Crippen LogP contribution in [0.3, 0.4) is 0 Å². The number of halogens is 3. The molecule has 1 heterocycles. The molecule has 0 unspecified atom stereocenters. The fourth-order valence-electron chi connectivity index (χ4n) is 2.62. The van der Waals surface area contributed by atoms with E-state index in [0.29, 0.717) is 24.7 Å². The molecule has 2 aromatic rings. The summed E-state index contributed by atoms with van der Waals surface area (Å²) in [6.45, 7) is 0.642. The zero-order chi connectivity index (χ0) is 18.7. The molecule has 1 atom stereocenters. The van der Waals surface area contributed by atoms with Crippen molar-refractivity contribution in [2.24, 2.45) is 0 Å². The van der Waals surface area contributed by atoms with Gasteiger partial charge in [0.25, 0.3) is 0 Å². The van der Waals surface area contributed by atoms with Crippen molar-refractivity contribution in [1.29, 1.82) is 0 Å². The number of carbonyl (C=O) groups is 1. The van der Waals surface area contributed by atoms with Gasteiger partial charge in [0.1, 0.15) is 12.7 Å². The molecule has 26 heavy (non-hydrogen) atoms. The molecule has 8 heteroatoms. The average Bonchev–Trinajstić information content (AvgIpc) is 2.62. The second-order valence-electron chi connectivity index (χ2n) is 5.97. The van der Waals surface area contributed by atoms with Crippen LogP contribution in [-0.2, 0) is 4.79 Å². The van der Waals surface area contributed by atoms with E-state index >= 15 is 0 Å². The van der Waals surface area contributed by atoms with Gasteiger partial charge in [-0.15, -0.1) is 0 Å². The molecule has 0 spiro atoms. The maximum absolute atomic E-state index is 13.6. The molecule has 1 amide bonds. The molecule has 0 saturated carbocycles. The number of benzene rings is 2. The Balaban J connectivity index is 1.53. The van der Waals surface area contributed by atoms with Gasteiger partial charge >= 0.3 is 0 Å². The van der Waals surface area contributed by atoms with Crippen LogP contribution in [0.15, 0.2) is 36.4 Å². The zero-order valence-electron chi connectivity index (χ0n) is 14.0. The first-order chi connectivity index (χ1) is 12.4. The maximum atomic E-state index is 13.6. The third-order valence-electron chi connectivity index (χ3n) is 3.81. The van der Waals surface area contributed by atoms with Gasteiger partial charge in [-0.1, -0.05) is 12.1 Å². The topological polar surface area (TPSA) is 50.8 Å². The van der Waals surface area contributed by atoms with Gasteiger partial charge in [0.15, 0.2) is 29.0 Å². The lowest BCUT2D eigenvalue weighted by molar-refractivity contribution is -0.117. The van der Waals surface area contributed by atoms with Crippen molar-refractivity contribution in [1.82, 2.24) is 4.90 Å². The van der Waals surface area contributed by atoms with E-state index in [9.17, 15) is 18.0 Å². The molecule has 5 nitrogen and oxygen atoms in total. The Labute approximate surface area is 148 Å². The van der Waals surface area contributed by atoms with Gasteiger partial charge in [0.2, 0.25) is 5.91 Å². The van der Waals surface area contributed by atoms with Crippen LogP contribution >= 0.6 is 0 Å². The minimum atomic E-state index is -1.62. The predicted molar refractivity (Wildman–Crippen MR) is 88.8 cm³/mol. The fourth-order valence-corrected chi connectivity index (χ4v) is 2.62. The van der Waals surface area contributed by atoms with Crippen LogP contribution in [0.25, 0.3) is 0 Å². The SMILES string of the molecule is CN(CC(=O)Nc1ccc(F)c(F)c1F)C[C@@H]1COc2ccccc2O1. The second kappa shape index (κ2) is 7.65. The van der Waals surface area contributed by atoms with E-state index in [-0.39, 0.29) is 12.6 Å². The number of carbonyl (C=O) groups excluding carboxylic acids is 1. The largest absolute Gasteiger partial charge is 0.486 e. The van der Waals surface area contributed by atoms with Gasteiger partial charge < -0.3 is 14.8 Å². The van der Waals surface area contributed by atoms with Crippen LogP contribution in [0.4, 0.5) is 18.9 Å². The van der Waals surface area contributed by atoms with Crippen molar-refractivity contribution in [3.8, 4) is 11.5 Å². The molecule has 3 rings (SSSR count).